The van der Waals surface area contributed by atoms with Gasteiger partial charge >= 0.3 is 0 Å². The summed E-state index contributed by atoms with van der Waals surface area (Å²) in [5.74, 6) is 0.803. The maximum absolute atomic E-state index is 5.44. The predicted molar refractivity (Wildman–Crippen MR) is 75.9 cm³/mol. The summed E-state index contributed by atoms with van der Waals surface area (Å²) in [6.07, 6.45) is 3.65. The highest BCUT2D eigenvalue weighted by molar-refractivity contribution is 5.32. The Hall–Kier alpha value is -0.860. The lowest BCUT2D eigenvalue weighted by atomic mass is 9.88. The largest absolute Gasteiger partial charge is 0.381 e. The number of benzene rings is 1. The Bertz CT molecular complexity index is 383. The summed E-state index contributed by atoms with van der Waals surface area (Å²) in [5, 5.41) is 3.49. The van der Waals surface area contributed by atoms with Crippen LogP contribution in [0.3, 0.4) is 0 Å². The lowest BCUT2D eigenvalue weighted by Crippen LogP contribution is -2.24. The van der Waals surface area contributed by atoms with Gasteiger partial charge in [-0.15, -0.1) is 0 Å². The van der Waals surface area contributed by atoms with Crippen LogP contribution in [0.1, 0.15) is 42.0 Å². The van der Waals surface area contributed by atoms with E-state index in [-0.39, 0.29) is 0 Å². The molecule has 0 spiro atoms. The quantitative estimate of drug-likeness (QED) is 0.880. The average molecular weight is 247 g/mol. The van der Waals surface area contributed by atoms with Crippen molar-refractivity contribution >= 4 is 0 Å². The van der Waals surface area contributed by atoms with E-state index in [2.05, 4.69) is 44.4 Å². The minimum Gasteiger partial charge on any atom is -0.381 e. The summed E-state index contributed by atoms with van der Waals surface area (Å²) >= 11 is 0. The standard InChI is InChI=1S/C16H25NO/c1-12-4-5-15(13(2)10-12)16(17-3)11-14-6-8-18-9-7-14/h4-5,10,14,16-17H,6-9,11H2,1-3H3. The van der Waals surface area contributed by atoms with Gasteiger partial charge in [-0.3, -0.25) is 0 Å². The van der Waals surface area contributed by atoms with Crippen molar-refractivity contribution in [3.05, 3.63) is 34.9 Å². The minimum atomic E-state index is 0.480. The van der Waals surface area contributed by atoms with E-state index >= 15 is 0 Å². The van der Waals surface area contributed by atoms with Gasteiger partial charge in [0.1, 0.15) is 0 Å². The van der Waals surface area contributed by atoms with Crippen molar-refractivity contribution in [2.45, 2.75) is 39.2 Å². The second-order valence-corrected chi connectivity index (χ2v) is 5.49. The number of hydrogen-bond acceptors (Lipinski definition) is 2. The maximum atomic E-state index is 5.44. The molecule has 1 atom stereocenters. The molecule has 1 aromatic carbocycles. The first-order valence-corrected chi connectivity index (χ1v) is 7.03. The van der Waals surface area contributed by atoms with Gasteiger partial charge in [0.25, 0.3) is 0 Å². The Kier molecular flexibility index (Phi) is 4.79. The topological polar surface area (TPSA) is 21.3 Å². The van der Waals surface area contributed by atoms with Gasteiger partial charge in [0.05, 0.1) is 0 Å². The number of rotatable bonds is 4. The molecule has 18 heavy (non-hydrogen) atoms. The monoisotopic (exact) mass is 247 g/mol. The van der Waals surface area contributed by atoms with Gasteiger partial charge in [-0.05, 0) is 57.2 Å². The Labute approximate surface area is 111 Å². The van der Waals surface area contributed by atoms with Gasteiger partial charge in [0.15, 0.2) is 0 Å². The third kappa shape index (κ3) is 3.33. The van der Waals surface area contributed by atoms with Crippen molar-refractivity contribution in [1.29, 1.82) is 0 Å². The van der Waals surface area contributed by atoms with Crippen molar-refractivity contribution in [2.75, 3.05) is 20.3 Å². The maximum Gasteiger partial charge on any atom is 0.0468 e. The molecule has 1 saturated heterocycles. The molecule has 2 rings (SSSR count). The second kappa shape index (κ2) is 6.35. The summed E-state index contributed by atoms with van der Waals surface area (Å²) in [6, 6.07) is 7.26. The zero-order valence-corrected chi connectivity index (χ0v) is 11.8. The number of hydrogen-bond donors (Lipinski definition) is 1. The molecule has 2 nitrogen and oxygen atoms in total. The molecule has 2 heteroatoms. The fourth-order valence-electron chi connectivity index (χ4n) is 2.93. The van der Waals surface area contributed by atoms with Crippen LogP contribution in [-0.4, -0.2) is 20.3 Å². The summed E-state index contributed by atoms with van der Waals surface area (Å²) in [4.78, 5) is 0. The molecule has 1 fully saturated rings. The van der Waals surface area contributed by atoms with Crippen LogP contribution in [0.5, 0.6) is 0 Å². The first-order chi connectivity index (χ1) is 8.70. The smallest absolute Gasteiger partial charge is 0.0468 e. The molecule has 0 aliphatic carbocycles. The number of aryl methyl sites for hydroxylation is 2. The highest BCUT2D eigenvalue weighted by atomic mass is 16.5. The summed E-state index contributed by atoms with van der Waals surface area (Å²) in [7, 11) is 2.07. The van der Waals surface area contributed by atoms with Crippen LogP contribution in [0.2, 0.25) is 0 Å². The molecule has 1 aliphatic heterocycles. The van der Waals surface area contributed by atoms with Gasteiger partial charge < -0.3 is 10.1 Å². The third-order valence-electron chi connectivity index (χ3n) is 4.06. The average Bonchev–Trinajstić information content (AvgIpc) is 2.38. The van der Waals surface area contributed by atoms with Crippen LogP contribution in [0.4, 0.5) is 0 Å². The Morgan fingerprint density at radius 1 is 1.28 bits per heavy atom. The van der Waals surface area contributed by atoms with E-state index in [0.29, 0.717) is 6.04 Å². The van der Waals surface area contributed by atoms with Crippen molar-refractivity contribution in [3.8, 4) is 0 Å². The van der Waals surface area contributed by atoms with Gasteiger partial charge in [0.2, 0.25) is 0 Å². The van der Waals surface area contributed by atoms with E-state index in [4.69, 9.17) is 4.74 Å². The van der Waals surface area contributed by atoms with Gasteiger partial charge in [-0.25, -0.2) is 0 Å². The van der Waals surface area contributed by atoms with Gasteiger partial charge in [-0.2, -0.15) is 0 Å². The molecule has 1 aromatic rings. The van der Waals surface area contributed by atoms with Gasteiger partial charge in [-0.1, -0.05) is 23.8 Å². The Morgan fingerprint density at radius 2 is 2.00 bits per heavy atom. The van der Waals surface area contributed by atoms with E-state index < -0.39 is 0 Å². The molecule has 0 aromatic heterocycles. The second-order valence-electron chi connectivity index (χ2n) is 5.49. The van der Waals surface area contributed by atoms with Crippen molar-refractivity contribution in [1.82, 2.24) is 5.32 Å². The van der Waals surface area contributed by atoms with E-state index in [0.717, 1.165) is 19.1 Å². The SMILES string of the molecule is CNC(CC1CCOCC1)c1ccc(C)cc1C. The molecular formula is C16H25NO. The fraction of sp³-hybridized carbons (Fsp3) is 0.625. The minimum absolute atomic E-state index is 0.480. The third-order valence-corrected chi connectivity index (χ3v) is 4.06. The summed E-state index contributed by atoms with van der Waals surface area (Å²) in [6.45, 7) is 6.25. The van der Waals surface area contributed by atoms with Crippen LogP contribution in [-0.2, 0) is 4.74 Å². The highest BCUT2D eigenvalue weighted by Gasteiger charge is 2.20. The van der Waals surface area contributed by atoms with Crippen LogP contribution in [0, 0.1) is 19.8 Å². The van der Waals surface area contributed by atoms with Crippen molar-refractivity contribution in [3.63, 3.8) is 0 Å². The highest BCUT2D eigenvalue weighted by Crippen LogP contribution is 2.29. The zero-order chi connectivity index (χ0) is 13.0. The number of ether oxygens (including phenoxy) is 1. The molecule has 1 unspecified atom stereocenters. The van der Waals surface area contributed by atoms with Crippen LogP contribution < -0.4 is 5.32 Å². The lowest BCUT2D eigenvalue weighted by Gasteiger charge is -2.27. The van der Waals surface area contributed by atoms with Crippen molar-refractivity contribution < 1.29 is 4.74 Å². The molecule has 0 radical (unpaired) electrons. The number of nitrogens with one attached hydrogen (secondary N) is 1. The molecule has 0 amide bonds. The van der Waals surface area contributed by atoms with E-state index in [1.807, 2.05) is 0 Å². The normalized spacial score (nSPS) is 18.8. The van der Waals surface area contributed by atoms with Crippen LogP contribution in [0.15, 0.2) is 18.2 Å². The van der Waals surface area contributed by atoms with E-state index in [9.17, 15) is 0 Å². The molecule has 0 saturated carbocycles. The zero-order valence-electron chi connectivity index (χ0n) is 11.8. The molecule has 1 N–H and O–H groups in total. The fourth-order valence-corrected chi connectivity index (χ4v) is 2.93. The van der Waals surface area contributed by atoms with Gasteiger partial charge in [0, 0.05) is 19.3 Å². The van der Waals surface area contributed by atoms with E-state index in [1.165, 1.54) is 36.0 Å². The lowest BCUT2D eigenvalue weighted by molar-refractivity contribution is 0.0608. The first kappa shape index (κ1) is 13.6. The molecule has 1 aliphatic rings. The Balaban J connectivity index is 2.07. The Morgan fingerprint density at radius 3 is 2.61 bits per heavy atom. The van der Waals surface area contributed by atoms with Crippen LogP contribution in [0.25, 0.3) is 0 Å². The molecule has 1 heterocycles. The first-order valence-electron chi connectivity index (χ1n) is 7.03. The van der Waals surface area contributed by atoms with E-state index in [1.54, 1.807) is 0 Å². The summed E-state index contributed by atoms with van der Waals surface area (Å²) < 4.78 is 5.44. The van der Waals surface area contributed by atoms with Crippen LogP contribution >= 0.6 is 0 Å². The molecule has 0 bridgehead atoms. The van der Waals surface area contributed by atoms with Crippen molar-refractivity contribution in [2.24, 2.45) is 5.92 Å². The predicted octanol–water partition coefficient (Wildman–Crippen LogP) is 3.38. The summed E-state index contributed by atoms with van der Waals surface area (Å²) in [5.41, 5.74) is 4.20. The molecular weight excluding hydrogens is 222 g/mol. The molecule has 100 valence electrons.